The van der Waals surface area contributed by atoms with Crippen LogP contribution in [0.2, 0.25) is 0 Å². The average molecular weight is 888 g/mol. The number of aryl methyl sites for hydroxylation is 1. The fourth-order valence-corrected chi connectivity index (χ4v) is 9.06. The average Bonchev–Trinajstić information content (AvgIpc) is 3.94. The zero-order chi connectivity index (χ0) is 45.5. The van der Waals surface area contributed by atoms with Gasteiger partial charge in [-0.2, -0.15) is 0 Å². The molecule has 2 atom stereocenters. The van der Waals surface area contributed by atoms with E-state index in [9.17, 15) is 24.0 Å². The normalized spacial score (nSPS) is 17.6. The van der Waals surface area contributed by atoms with E-state index in [0.29, 0.717) is 76.2 Å². The van der Waals surface area contributed by atoms with E-state index < -0.39 is 17.8 Å². The Hall–Kier alpha value is -7.81. The first kappa shape index (κ1) is 42.2. The molecule has 66 heavy (non-hydrogen) atoms. The van der Waals surface area contributed by atoms with Gasteiger partial charge in [0, 0.05) is 68.0 Å². The van der Waals surface area contributed by atoms with E-state index >= 15 is 0 Å². The maximum Gasteiger partial charge on any atom is 0.333 e. The molecule has 15 nitrogen and oxygen atoms in total. The number of anilines is 2. The third-order valence-corrected chi connectivity index (χ3v) is 12.3. The van der Waals surface area contributed by atoms with Crippen molar-refractivity contribution in [2.45, 2.75) is 77.2 Å². The van der Waals surface area contributed by atoms with Crippen molar-refractivity contribution >= 4 is 64.8 Å². The predicted octanol–water partition coefficient (Wildman–Crippen LogP) is 7.89. The minimum absolute atomic E-state index is 0.000620. The van der Waals surface area contributed by atoms with Crippen molar-refractivity contribution in [1.82, 2.24) is 5.06 Å². The van der Waals surface area contributed by atoms with Crippen LogP contribution in [0.1, 0.15) is 80.6 Å². The van der Waals surface area contributed by atoms with Gasteiger partial charge in [-0.25, -0.2) is 4.79 Å². The number of unbranched alkanes of at least 4 members (excludes halogenated alkanes) is 1. The summed E-state index contributed by atoms with van der Waals surface area (Å²) < 4.78 is 24.8. The zero-order valence-corrected chi connectivity index (χ0v) is 36.4. The Kier molecular flexibility index (Phi) is 11.3. The number of methoxy groups -OCH3 is 1. The molecule has 4 amide bonds. The summed E-state index contributed by atoms with van der Waals surface area (Å²) in [5.74, 6) is -0.107. The minimum Gasteiger partial charge on any atom is -0.494 e. The fraction of sp³-hybridized carbons (Fsp3) is 0.275. The van der Waals surface area contributed by atoms with Gasteiger partial charge in [0.25, 0.3) is 23.6 Å². The van der Waals surface area contributed by atoms with E-state index in [2.05, 4.69) is 0 Å². The number of carbonyl (C=O) groups excluding carboxylic acids is 5. The highest BCUT2D eigenvalue weighted by atomic mass is 16.7. The van der Waals surface area contributed by atoms with E-state index in [-0.39, 0.29) is 63.0 Å². The van der Waals surface area contributed by atoms with Crippen LogP contribution < -0.4 is 28.7 Å². The number of carbonyl (C=O) groups is 5. The standard InChI is InChI=1S/C51H45N5O10/c1-30-17-38-40(52-26-35-21-33-9-3-5-11-42(33)54(35)50(38)60)24-44(30)64-28-31-18-32(20-37(19-31)63-16-8-7-13-49(59)66-56-47(57)14-15-48(56)58)29-65-46-25-41-39(23-45(46)62-2)51(61)55-36(27-53-41)22-34-10-4-6-12-43(34)55/h3-6,9-12,17-20,23-27,35-36H,7-8,13-16,21-22,28-29H2,1-2H3/t35-,36-/m0/s1. The van der Waals surface area contributed by atoms with Crippen LogP contribution in [-0.4, -0.2) is 72.9 Å². The Morgan fingerprint density at radius 2 is 1.21 bits per heavy atom. The second-order valence-corrected chi connectivity index (χ2v) is 16.8. The lowest BCUT2D eigenvalue weighted by molar-refractivity contribution is -0.197. The second kappa shape index (κ2) is 17.6. The molecule has 10 rings (SSSR count). The predicted molar refractivity (Wildman–Crippen MR) is 244 cm³/mol. The van der Waals surface area contributed by atoms with Gasteiger partial charge in [0.2, 0.25) is 0 Å². The molecule has 5 heterocycles. The SMILES string of the molecule is COc1cc2c(cc1OCc1cc(COc3cc4c(cc3C)C(=O)N3c5ccccc5C[C@H]3C=N4)cc(OCCCCC(=O)ON3C(=O)CCC3=O)c1)N=C[C@@H]1Cc3ccccc3N1C2=O. The minimum atomic E-state index is -0.667. The van der Waals surface area contributed by atoms with Crippen LogP contribution in [0, 0.1) is 6.92 Å². The number of rotatable bonds is 14. The fourth-order valence-electron chi connectivity index (χ4n) is 9.06. The van der Waals surface area contributed by atoms with E-state index in [4.69, 9.17) is 33.8 Å². The lowest BCUT2D eigenvalue weighted by Crippen LogP contribution is -2.37. The molecule has 5 aromatic rings. The molecular weight excluding hydrogens is 843 g/mol. The van der Waals surface area contributed by atoms with Gasteiger partial charge in [0.1, 0.15) is 24.7 Å². The lowest BCUT2D eigenvalue weighted by Gasteiger charge is -2.22. The number of aliphatic imine (C=N–C) groups is 2. The Balaban J connectivity index is 0.859. The number of hydrogen-bond donors (Lipinski definition) is 0. The zero-order valence-electron chi connectivity index (χ0n) is 36.4. The number of ether oxygens (including phenoxy) is 4. The van der Waals surface area contributed by atoms with Crippen molar-refractivity contribution in [3.05, 3.63) is 130 Å². The van der Waals surface area contributed by atoms with Gasteiger partial charge in [0.15, 0.2) is 11.5 Å². The molecule has 334 valence electrons. The molecule has 1 saturated heterocycles. The largest absolute Gasteiger partial charge is 0.494 e. The summed E-state index contributed by atoms with van der Waals surface area (Å²) in [4.78, 5) is 82.1. The van der Waals surface area contributed by atoms with E-state index in [1.807, 2.05) is 97.0 Å². The molecule has 5 aliphatic rings. The number of amides is 4. The summed E-state index contributed by atoms with van der Waals surface area (Å²) in [6.45, 7) is 2.39. The van der Waals surface area contributed by atoms with Gasteiger partial charge >= 0.3 is 5.97 Å². The Bertz CT molecular complexity index is 2880. The molecule has 0 unspecified atom stereocenters. The number of hydrogen-bond acceptors (Lipinski definition) is 12. The number of benzene rings is 5. The van der Waals surface area contributed by atoms with E-state index in [0.717, 1.165) is 39.2 Å². The van der Waals surface area contributed by atoms with Crippen LogP contribution in [-0.2, 0) is 45.3 Å². The van der Waals surface area contributed by atoms with Gasteiger partial charge in [-0.3, -0.25) is 39.0 Å². The summed E-state index contributed by atoms with van der Waals surface area (Å²) in [6.07, 6.45) is 5.95. The summed E-state index contributed by atoms with van der Waals surface area (Å²) in [6, 6.07) is 28.1. The van der Waals surface area contributed by atoms with Gasteiger partial charge in [-0.05, 0) is 90.0 Å². The lowest BCUT2D eigenvalue weighted by atomic mass is 10.1. The van der Waals surface area contributed by atoms with Gasteiger partial charge in [-0.1, -0.05) is 36.4 Å². The van der Waals surface area contributed by atoms with Crippen molar-refractivity contribution in [2.75, 3.05) is 23.5 Å². The summed E-state index contributed by atoms with van der Waals surface area (Å²) in [5.41, 5.74) is 8.19. The number of fused-ring (bicyclic) bond motifs is 8. The molecule has 0 aliphatic carbocycles. The topological polar surface area (TPSA) is 166 Å². The molecule has 0 bridgehead atoms. The number of para-hydroxylation sites is 2. The third-order valence-electron chi connectivity index (χ3n) is 12.3. The van der Waals surface area contributed by atoms with Crippen LogP contribution in [0.15, 0.2) is 101 Å². The highest BCUT2D eigenvalue weighted by molar-refractivity contribution is 6.15. The Morgan fingerprint density at radius 3 is 1.82 bits per heavy atom. The van der Waals surface area contributed by atoms with Crippen LogP contribution >= 0.6 is 0 Å². The maximum absolute atomic E-state index is 14.0. The first-order valence-electron chi connectivity index (χ1n) is 22.0. The highest BCUT2D eigenvalue weighted by Gasteiger charge is 2.38. The quantitative estimate of drug-likeness (QED) is 0.0791. The number of nitrogens with zero attached hydrogens (tertiary/aromatic N) is 5. The van der Waals surface area contributed by atoms with Crippen LogP contribution in [0.25, 0.3) is 0 Å². The molecule has 0 spiro atoms. The Morgan fingerprint density at radius 1 is 0.652 bits per heavy atom. The molecule has 1 fully saturated rings. The van der Waals surface area contributed by atoms with Gasteiger partial charge in [0.05, 0.1) is 48.3 Å². The van der Waals surface area contributed by atoms with Crippen molar-refractivity contribution in [1.29, 1.82) is 0 Å². The number of imide groups is 1. The first-order chi connectivity index (χ1) is 32.1. The highest BCUT2D eigenvalue weighted by Crippen LogP contribution is 2.42. The molecule has 15 heteroatoms. The summed E-state index contributed by atoms with van der Waals surface area (Å²) >= 11 is 0. The van der Waals surface area contributed by atoms with Crippen LogP contribution in [0.3, 0.4) is 0 Å². The second-order valence-electron chi connectivity index (χ2n) is 16.8. The molecule has 0 radical (unpaired) electrons. The molecule has 0 N–H and O–H groups in total. The molecular formula is C51H45N5O10. The molecule has 0 saturated carbocycles. The van der Waals surface area contributed by atoms with Crippen LogP contribution in [0.4, 0.5) is 22.7 Å². The molecule has 5 aliphatic heterocycles. The van der Waals surface area contributed by atoms with Crippen molar-refractivity contribution in [3.63, 3.8) is 0 Å². The summed E-state index contributed by atoms with van der Waals surface area (Å²) in [7, 11) is 1.52. The van der Waals surface area contributed by atoms with E-state index in [1.165, 1.54) is 7.11 Å². The monoisotopic (exact) mass is 887 g/mol. The van der Waals surface area contributed by atoms with Crippen molar-refractivity contribution in [3.8, 4) is 23.0 Å². The maximum atomic E-state index is 14.0. The van der Waals surface area contributed by atoms with Crippen LogP contribution in [0.5, 0.6) is 23.0 Å². The van der Waals surface area contributed by atoms with Gasteiger partial charge < -0.3 is 23.8 Å². The smallest absolute Gasteiger partial charge is 0.333 e. The van der Waals surface area contributed by atoms with Crippen molar-refractivity contribution < 1.29 is 47.8 Å². The van der Waals surface area contributed by atoms with Gasteiger partial charge in [-0.15, -0.1) is 5.06 Å². The third kappa shape index (κ3) is 8.12. The Labute approximate surface area is 380 Å². The summed E-state index contributed by atoms with van der Waals surface area (Å²) in [5, 5.41) is 0.549. The molecule has 5 aromatic carbocycles. The number of hydroxylamine groups is 2. The molecule has 0 aromatic heterocycles. The van der Waals surface area contributed by atoms with Crippen molar-refractivity contribution in [2.24, 2.45) is 9.98 Å². The van der Waals surface area contributed by atoms with E-state index in [1.54, 1.807) is 23.1 Å². The first-order valence-corrected chi connectivity index (χ1v) is 22.0.